The van der Waals surface area contributed by atoms with Crippen molar-refractivity contribution >= 4 is 6.09 Å². The molecule has 2 unspecified atom stereocenters. The highest BCUT2D eigenvalue weighted by atomic mass is 16.6. The number of hydrogen-bond acceptors (Lipinski definition) is 4. The summed E-state index contributed by atoms with van der Waals surface area (Å²) < 4.78 is 11.0. The maximum atomic E-state index is 12.3. The number of nitrogens with one attached hydrogen (secondary N) is 1. The topological polar surface area (TPSA) is 50.8 Å². The fourth-order valence-electron chi connectivity index (χ4n) is 2.98. The minimum absolute atomic E-state index is 0.172. The van der Waals surface area contributed by atoms with E-state index in [0.29, 0.717) is 6.04 Å². The minimum atomic E-state index is -0.427. The second kappa shape index (κ2) is 7.45. The Hall–Kier alpha value is -0.810. The molecule has 21 heavy (non-hydrogen) atoms. The highest BCUT2D eigenvalue weighted by Crippen LogP contribution is 2.20. The molecular weight excluding hydrogens is 268 g/mol. The molecule has 0 aliphatic carbocycles. The first kappa shape index (κ1) is 16.6. The molecule has 0 saturated carbocycles. The lowest BCUT2D eigenvalue weighted by molar-refractivity contribution is 0.00831. The van der Waals surface area contributed by atoms with Crippen molar-refractivity contribution in [1.29, 1.82) is 0 Å². The molecule has 1 amide bonds. The zero-order valence-electron chi connectivity index (χ0n) is 13.7. The molecule has 2 heterocycles. The summed E-state index contributed by atoms with van der Waals surface area (Å²) in [6, 6.07) is 0.677. The molecule has 2 fully saturated rings. The van der Waals surface area contributed by atoms with Gasteiger partial charge >= 0.3 is 6.09 Å². The Kier molecular flexibility index (Phi) is 5.88. The number of piperidine rings is 1. The van der Waals surface area contributed by atoms with Crippen molar-refractivity contribution in [3.05, 3.63) is 0 Å². The molecule has 0 radical (unpaired) electrons. The van der Waals surface area contributed by atoms with Gasteiger partial charge in [-0.2, -0.15) is 0 Å². The molecule has 0 bridgehead atoms. The third-order valence-corrected chi connectivity index (χ3v) is 4.06. The highest BCUT2D eigenvalue weighted by molar-refractivity contribution is 5.68. The number of carbonyl (C=O) groups is 1. The quantitative estimate of drug-likeness (QED) is 0.870. The Morgan fingerprint density at radius 3 is 2.76 bits per heavy atom. The lowest BCUT2D eigenvalue weighted by Gasteiger charge is -2.37. The SMILES string of the molecule is CC(C)(C)OC(=O)N1CCCCC1CNC1CCCOC1. The van der Waals surface area contributed by atoms with Crippen LogP contribution in [0, 0.1) is 0 Å². The van der Waals surface area contributed by atoms with Crippen molar-refractivity contribution in [2.24, 2.45) is 0 Å². The van der Waals surface area contributed by atoms with Crippen LogP contribution in [0.2, 0.25) is 0 Å². The van der Waals surface area contributed by atoms with E-state index in [-0.39, 0.29) is 12.1 Å². The maximum Gasteiger partial charge on any atom is 0.410 e. The Morgan fingerprint density at radius 2 is 2.10 bits per heavy atom. The number of rotatable bonds is 3. The average Bonchev–Trinajstić information content (AvgIpc) is 2.45. The second-order valence-corrected chi connectivity index (χ2v) is 7.15. The van der Waals surface area contributed by atoms with Crippen molar-refractivity contribution < 1.29 is 14.3 Å². The van der Waals surface area contributed by atoms with Gasteiger partial charge in [-0.05, 0) is 52.9 Å². The van der Waals surface area contributed by atoms with Gasteiger partial charge in [-0.3, -0.25) is 0 Å². The fraction of sp³-hybridized carbons (Fsp3) is 0.938. The van der Waals surface area contributed by atoms with Crippen LogP contribution in [0.3, 0.4) is 0 Å². The predicted octanol–water partition coefficient (Wildman–Crippen LogP) is 2.54. The van der Waals surface area contributed by atoms with E-state index in [1.807, 2.05) is 25.7 Å². The first-order chi connectivity index (χ1) is 9.96. The number of hydrogen-bond donors (Lipinski definition) is 1. The molecule has 0 aromatic heterocycles. The van der Waals surface area contributed by atoms with Crippen molar-refractivity contribution in [1.82, 2.24) is 10.2 Å². The van der Waals surface area contributed by atoms with Crippen LogP contribution in [0.1, 0.15) is 52.9 Å². The number of amides is 1. The molecule has 2 atom stereocenters. The number of likely N-dealkylation sites (tertiary alicyclic amines) is 1. The van der Waals surface area contributed by atoms with E-state index in [9.17, 15) is 4.79 Å². The van der Waals surface area contributed by atoms with Gasteiger partial charge in [-0.1, -0.05) is 0 Å². The normalized spacial score (nSPS) is 27.5. The summed E-state index contributed by atoms with van der Waals surface area (Å²) in [6.07, 6.45) is 5.43. The van der Waals surface area contributed by atoms with E-state index in [1.54, 1.807) is 0 Å². The monoisotopic (exact) mass is 298 g/mol. The van der Waals surface area contributed by atoms with Gasteiger partial charge in [0.25, 0.3) is 0 Å². The van der Waals surface area contributed by atoms with E-state index in [1.165, 1.54) is 12.8 Å². The molecule has 0 aromatic rings. The molecule has 2 saturated heterocycles. The van der Waals surface area contributed by atoms with E-state index in [2.05, 4.69) is 5.32 Å². The van der Waals surface area contributed by atoms with Crippen LogP contribution in [0.15, 0.2) is 0 Å². The summed E-state index contributed by atoms with van der Waals surface area (Å²) in [6.45, 7) is 9.07. The average molecular weight is 298 g/mol. The largest absolute Gasteiger partial charge is 0.444 e. The summed E-state index contributed by atoms with van der Waals surface area (Å²) in [4.78, 5) is 14.2. The van der Waals surface area contributed by atoms with Gasteiger partial charge in [0.1, 0.15) is 5.60 Å². The van der Waals surface area contributed by atoms with E-state index >= 15 is 0 Å². The van der Waals surface area contributed by atoms with E-state index in [4.69, 9.17) is 9.47 Å². The molecule has 122 valence electrons. The molecule has 0 aromatic carbocycles. The van der Waals surface area contributed by atoms with Crippen molar-refractivity contribution in [3.8, 4) is 0 Å². The first-order valence-corrected chi connectivity index (χ1v) is 8.26. The highest BCUT2D eigenvalue weighted by Gasteiger charge is 2.30. The van der Waals surface area contributed by atoms with Gasteiger partial charge in [-0.15, -0.1) is 0 Å². The maximum absolute atomic E-state index is 12.3. The smallest absolute Gasteiger partial charge is 0.410 e. The molecule has 2 aliphatic rings. The molecular formula is C16H30N2O3. The number of nitrogens with zero attached hydrogens (tertiary/aromatic N) is 1. The van der Waals surface area contributed by atoms with Gasteiger partial charge < -0.3 is 19.7 Å². The second-order valence-electron chi connectivity index (χ2n) is 7.15. The van der Waals surface area contributed by atoms with E-state index < -0.39 is 5.60 Å². The van der Waals surface area contributed by atoms with Crippen LogP contribution < -0.4 is 5.32 Å². The van der Waals surface area contributed by atoms with Gasteiger partial charge in [0.15, 0.2) is 0 Å². The lowest BCUT2D eigenvalue weighted by atomic mass is 10.0. The Balaban J connectivity index is 1.84. The molecule has 0 spiro atoms. The summed E-state index contributed by atoms with van der Waals surface area (Å²) in [5, 5.41) is 3.56. The van der Waals surface area contributed by atoms with Crippen LogP contribution >= 0.6 is 0 Å². The van der Waals surface area contributed by atoms with Crippen LogP contribution in [0.25, 0.3) is 0 Å². The zero-order chi connectivity index (χ0) is 15.3. The Labute approximate surface area is 128 Å². The van der Waals surface area contributed by atoms with Gasteiger partial charge in [-0.25, -0.2) is 4.79 Å². The zero-order valence-corrected chi connectivity index (χ0v) is 13.7. The molecule has 2 aliphatic heterocycles. The summed E-state index contributed by atoms with van der Waals surface area (Å²) in [5.74, 6) is 0. The van der Waals surface area contributed by atoms with Crippen LogP contribution in [-0.2, 0) is 9.47 Å². The number of ether oxygens (including phenoxy) is 2. The Bertz CT molecular complexity index is 335. The number of carbonyl (C=O) groups excluding carboxylic acids is 1. The first-order valence-electron chi connectivity index (χ1n) is 8.26. The molecule has 5 heteroatoms. The Morgan fingerprint density at radius 1 is 1.29 bits per heavy atom. The third-order valence-electron chi connectivity index (χ3n) is 4.06. The van der Waals surface area contributed by atoms with E-state index in [0.717, 1.165) is 45.6 Å². The molecule has 5 nitrogen and oxygen atoms in total. The van der Waals surface area contributed by atoms with Crippen molar-refractivity contribution in [2.45, 2.75) is 70.6 Å². The summed E-state index contributed by atoms with van der Waals surface area (Å²) >= 11 is 0. The van der Waals surface area contributed by atoms with Crippen LogP contribution in [-0.4, -0.2) is 55.0 Å². The fourth-order valence-corrected chi connectivity index (χ4v) is 2.98. The third kappa shape index (κ3) is 5.47. The summed E-state index contributed by atoms with van der Waals surface area (Å²) in [5.41, 5.74) is -0.427. The van der Waals surface area contributed by atoms with Crippen LogP contribution in [0.4, 0.5) is 4.79 Å². The predicted molar refractivity (Wildman–Crippen MR) is 82.4 cm³/mol. The van der Waals surface area contributed by atoms with Gasteiger partial charge in [0.2, 0.25) is 0 Å². The molecule has 1 N–H and O–H groups in total. The lowest BCUT2D eigenvalue weighted by Crippen LogP contribution is -2.52. The standard InChI is InChI=1S/C16H30N2O3/c1-16(2,3)21-15(19)18-9-5-4-8-14(18)11-17-13-7-6-10-20-12-13/h13-14,17H,4-12H2,1-3H3. The van der Waals surface area contributed by atoms with Crippen LogP contribution in [0.5, 0.6) is 0 Å². The minimum Gasteiger partial charge on any atom is -0.444 e. The van der Waals surface area contributed by atoms with Gasteiger partial charge in [0, 0.05) is 31.8 Å². The van der Waals surface area contributed by atoms with Crippen molar-refractivity contribution in [2.75, 3.05) is 26.3 Å². The summed E-state index contributed by atoms with van der Waals surface area (Å²) in [7, 11) is 0. The molecule has 2 rings (SSSR count). The van der Waals surface area contributed by atoms with Gasteiger partial charge in [0.05, 0.1) is 6.61 Å². The van der Waals surface area contributed by atoms with Crippen molar-refractivity contribution in [3.63, 3.8) is 0 Å².